The molecule has 2 N–H and O–H groups in total. The van der Waals surface area contributed by atoms with Gasteiger partial charge in [-0.05, 0) is 44.0 Å². The van der Waals surface area contributed by atoms with Gasteiger partial charge in [-0.25, -0.2) is 15.0 Å². The first kappa shape index (κ1) is 18.8. The maximum absolute atomic E-state index is 12.9. The normalized spacial score (nSPS) is 12.1. The van der Waals surface area contributed by atoms with Gasteiger partial charge in [0.15, 0.2) is 0 Å². The number of aromatic amines is 1. The Labute approximate surface area is 169 Å². The lowest BCUT2D eigenvalue weighted by Gasteiger charge is -2.15. The standard InChI is InChI=1S/C23H23N5O/c1-4-18(22-24-13-21(27-22)16-8-6-5-7-9-16)28-23(29)17-10-11-19-20(12-17)26-15(3)14(2)25-19/h5-13,18H,4H2,1-3H3,(H,24,27)(H,28,29). The summed E-state index contributed by atoms with van der Waals surface area (Å²) in [6, 6.07) is 15.2. The third-order valence-electron chi connectivity index (χ3n) is 5.06. The lowest BCUT2D eigenvalue weighted by Crippen LogP contribution is -2.28. The highest BCUT2D eigenvalue weighted by atomic mass is 16.1. The lowest BCUT2D eigenvalue weighted by atomic mass is 10.1. The van der Waals surface area contributed by atoms with E-state index < -0.39 is 0 Å². The average molecular weight is 385 g/mol. The number of carbonyl (C=O) groups excluding carboxylic acids is 1. The Kier molecular flexibility index (Phi) is 5.08. The minimum atomic E-state index is -0.207. The van der Waals surface area contributed by atoms with Crippen LogP contribution < -0.4 is 5.32 Å². The second kappa shape index (κ2) is 7.83. The summed E-state index contributed by atoms with van der Waals surface area (Å²) in [7, 11) is 0. The fourth-order valence-electron chi connectivity index (χ4n) is 3.26. The molecule has 1 atom stereocenters. The van der Waals surface area contributed by atoms with Crippen LogP contribution in [0.1, 0.15) is 47.0 Å². The number of aryl methyl sites for hydroxylation is 2. The molecule has 1 amide bonds. The van der Waals surface area contributed by atoms with Crippen LogP contribution in [-0.2, 0) is 0 Å². The molecule has 0 aliphatic heterocycles. The second-order valence-corrected chi connectivity index (χ2v) is 7.08. The number of H-pyrrole nitrogens is 1. The van der Waals surface area contributed by atoms with E-state index in [1.165, 1.54) is 0 Å². The van der Waals surface area contributed by atoms with Crippen molar-refractivity contribution in [3.05, 3.63) is 77.5 Å². The van der Waals surface area contributed by atoms with Crippen LogP contribution in [0.3, 0.4) is 0 Å². The molecule has 4 aromatic rings. The zero-order chi connectivity index (χ0) is 20.4. The van der Waals surface area contributed by atoms with Gasteiger partial charge in [0, 0.05) is 5.56 Å². The largest absolute Gasteiger partial charge is 0.342 e. The van der Waals surface area contributed by atoms with Crippen LogP contribution in [0.5, 0.6) is 0 Å². The van der Waals surface area contributed by atoms with E-state index >= 15 is 0 Å². The first-order chi connectivity index (χ1) is 14.0. The number of hydrogen-bond acceptors (Lipinski definition) is 4. The summed E-state index contributed by atoms with van der Waals surface area (Å²) in [5.41, 5.74) is 5.82. The van der Waals surface area contributed by atoms with Gasteiger partial charge in [-0.2, -0.15) is 0 Å². The minimum Gasteiger partial charge on any atom is -0.342 e. The smallest absolute Gasteiger partial charge is 0.251 e. The molecule has 29 heavy (non-hydrogen) atoms. The molecule has 0 spiro atoms. The highest BCUT2D eigenvalue weighted by Crippen LogP contribution is 2.21. The van der Waals surface area contributed by atoms with E-state index in [9.17, 15) is 4.79 Å². The van der Waals surface area contributed by atoms with Crippen molar-refractivity contribution in [3.63, 3.8) is 0 Å². The second-order valence-electron chi connectivity index (χ2n) is 7.08. The third-order valence-corrected chi connectivity index (χ3v) is 5.06. The van der Waals surface area contributed by atoms with Crippen LogP contribution in [0.25, 0.3) is 22.3 Å². The topological polar surface area (TPSA) is 83.6 Å². The number of aromatic nitrogens is 4. The monoisotopic (exact) mass is 385 g/mol. The Bertz CT molecular complexity index is 1170. The molecule has 2 heterocycles. The van der Waals surface area contributed by atoms with Gasteiger partial charge in [0.2, 0.25) is 0 Å². The predicted octanol–water partition coefficient (Wildman–Crippen LogP) is 4.52. The van der Waals surface area contributed by atoms with E-state index in [4.69, 9.17) is 0 Å². The van der Waals surface area contributed by atoms with Crippen molar-refractivity contribution in [1.29, 1.82) is 0 Å². The van der Waals surface area contributed by atoms with Crippen molar-refractivity contribution < 1.29 is 4.79 Å². The Morgan fingerprint density at radius 3 is 2.48 bits per heavy atom. The molecule has 0 bridgehead atoms. The van der Waals surface area contributed by atoms with Crippen molar-refractivity contribution in [2.75, 3.05) is 0 Å². The Balaban J connectivity index is 1.56. The van der Waals surface area contributed by atoms with Crippen molar-refractivity contribution in [2.24, 2.45) is 0 Å². The van der Waals surface area contributed by atoms with Crippen LogP contribution in [-0.4, -0.2) is 25.8 Å². The van der Waals surface area contributed by atoms with Gasteiger partial charge in [0.25, 0.3) is 5.91 Å². The van der Waals surface area contributed by atoms with Gasteiger partial charge in [0.1, 0.15) is 5.82 Å². The van der Waals surface area contributed by atoms with Gasteiger partial charge < -0.3 is 10.3 Å². The van der Waals surface area contributed by atoms with Crippen molar-refractivity contribution in [1.82, 2.24) is 25.3 Å². The molecule has 0 radical (unpaired) electrons. The van der Waals surface area contributed by atoms with E-state index in [1.54, 1.807) is 18.3 Å². The molecule has 146 valence electrons. The maximum Gasteiger partial charge on any atom is 0.251 e. The molecule has 0 aliphatic carbocycles. The highest BCUT2D eigenvalue weighted by molar-refractivity contribution is 5.97. The van der Waals surface area contributed by atoms with Gasteiger partial charge in [-0.3, -0.25) is 4.79 Å². The van der Waals surface area contributed by atoms with Gasteiger partial charge in [-0.1, -0.05) is 37.3 Å². The van der Waals surface area contributed by atoms with Crippen LogP contribution in [0.2, 0.25) is 0 Å². The summed E-state index contributed by atoms with van der Waals surface area (Å²) in [4.78, 5) is 29.8. The number of benzene rings is 2. The summed E-state index contributed by atoms with van der Waals surface area (Å²) >= 11 is 0. The number of imidazole rings is 1. The SMILES string of the molecule is CCC(NC(=O)c1ccc2nc(C)c(C)nc2c1)c1ncc(-c2ccccc2)[nH]1. The predicted molar refractivity (Wildman–Crippen MR) is 114 cm³/mol. The molecule has 0 fully saturated rings. The Hall–Kier alpha value is -3.54. The fourth-order valence-corrected chi connectivity index (χ4v) is 3.26. The molecule has 2 aromatic heterocycles. The molecule has 4 rings (SSSR count). The average Bonchev–Trinajstić information content (AvgIpc) is 3.23. The molecule has 1 unspecified atom stereocenters. The molecule has 6 heteroatoms. The molecular formula is C23H23N5O. The quantitative estimate of drug-likeness (QED) is 0.529. The third kappa shape index (κ3) is 3.87. The van der Waals surface area contributed by atoms with E-state index in [0.29, 0.717) is 5.56 Å². The van der Waals surface area contributed by atoms with E-state index in [2.05, 4.69) is 25.3 Å². The lowest BCUT2D eigenvalue weighted by molar-refractivity contribution is 0.0934. The minimum absolute atomic E-state index is 0.156. The number of amides is 1. The van der Waals surface area contributed by atoms with Crippen LogP contribution in [0.4, 0.5) is 0 Å². The Morgan fingerprint density at radius 1 is 1.03 bits per heavy atom. The molecule has 0 saturated heterocycles. The van der Waals surface area contributed by atoms with Crippen LogP contribution in [0.15, 0.2) is 54.7 Å². The number of nitrogens with one attached hydrogen (secondary N) is 2. The van der Waals surface area contributed by atoms with Crippen LogP contribution >= 0.6 is 0 Å². The van der Waals surface area contributed by atoms with Gasteiger partial charge in [0.05, 0.1) is 40.4 Å². The fraction of sp³-hybridized carbons (Fsp3) is 0.217. The molecular weight excluding hydrogens is 362 g/mol. The molecule has 6 nitrogen and oxygen atoms in total. The number of carbonyl (C=O) groups is 1. The molecule has 0 aliphatic rings. The number of hydrogen-bond donors (Lipinski definition) is 2. The summed E-state index contributed by atoms with van der Waals surface area (Å²) in [6.07, 6.45) is 2.52. The van der Waals surface area contributed by atoms with Gasteiger partial charge in [-0.15, -0.1) is 0 Å². The number of rotatable bonds is 5. The van der Waals surface area contributed by atoms with Crippen LogP contribution in [0, 0.1) is 13.8 Å². The number of nitrogens with zero attached hydrogens (tertiary/aromatic N) is 3. The zero-order valence-corrected chi connectivity index (χ0v) is 16.7. The summed E-state index contributed by atoms with van der Waals surface area (Å²) < 4.78 is 0. The maximum atomic E-state index is 12.9. The summed E-state index contributed by atoms with van der Waals surface area (Å²) in [5.74, 6) is 0.586. The van der Waals surface area contributed by atoms with E-state index in [0.717, 1.165) is 45.9 Å². The van der Waals surface area contributed by atoms with Crippen molar-refractivity contribution in [2.45, 2.75) is 33.2 Å². The first-order valence-electron chi connectivity index (χ1n) is 9.71. The highest BCUT2D eigenvalue weighted by Gasteiger charge is 2.18. The summed E-state index contributed by atoms with van der Waals surface area (Å²) in [5, 5.41) is 3.07. The van der Waals surface area contributed by atoms with E-state index in [-0.39, 0.29) is 11.9 Å². The molecule has 0 saturated carbocycles. The zero-order valence-electron chi connectivity index (χ0n) is 16.7. The number of fused-ring (bicyclic) bond motifs is 1. The van der Waals surface area contributed by atoms with Crippen molar-refractivity contribution in [3.8, 4) is 11.3 Å². The summed E-state index contributed by atoms with van der Waals surface area (Å²) in [6.45, 7) is 5.87. The van der Waals surface area contributed by atoms with E-state index in [1.807, 2.05) is 57.2 Å². The first-order valence-corrected chi connectivity index (χ1v) is 9.71. The Morgan fingerprint density at radius 2 is 1.76 bits per heavy atom. The van der Waals surface area contributed by atoms with Crippen molar-refractivity contribution >= 4 is 16.9 Å². The molecule has 2 aromatic carbocycles. The van der Waals surface area contributed by atoms with Gasteiger partial charge >= 0.3 is 0 Å².